The first-order valence-corrected chi connectivity index (χ1v) is 8.64. The first-order chi connectivity index (χ1) is 12.1. The van der Waals surface area contributed by atoms with Crippen molar-refractivity contribution >= 4 is 0 Å². The summed E-state index contributed by atoms with van der Waals surface area (Å²) in [6.07, 6.45) is 1.06. The van der Waals surface area contributed by atoms with Gasteiger partial charge in [-0.05, 0) is 37.1 Å². The fourth-order valence-corrected chi connectivity index (χ4v) is 2.71. The lowest BCUT2D eigenvalue weighted by Crippen LogP contribution is -2.36. The van der Waals surface area contributed by atoms with Gasteiger partial charge in [-0.15, -0.1) is 0 Å². The lowest BCUT2D eigenvalue weighted by Gasteiger charge is -2.25. The molecule has 1 atom stereocenters. The van der Waals surface area contributed by atoms with Crippen LogP contribution in [0.25, 0.3) is 0 Å². The van der Waals surface area contributed by atoms with E-state index in [0.717, 1.165) is 18.8 Å². The molecule has 0 amide bonds. The maximum Gasteiger partial charge on any atom is 0.129 e. The minimum absolute atomic E-state index is 0.275. The van der Waals surface area contributed by atoms with E-state index in [1.807, 2.05) is 12.1 Å². The first-order valence-electron chi connectivity index (χ1n) is 8.64. The van der Waals surface area contributed by atoms with Gasteiger partial charge in [0, 0.05) is 26.7 Å². The Morgan fingerprint density at radius 1 is 1.24 bits per heavy atom. The number of hydrogen-bond acceptors (Lipinski definition) is 5. The number of furan rings is 1. The maximum atomic E-state index is 10.3. The van der Waals surface area contributed by atoms with Crippen LogP contribution in [0.5, 0.6) is 0 Å². The fourth-order valence-electron chi connectivity index (χ4n) is 2.71. The quantitative estimate of drug-likeness (QED) is 0.677. The number of hydrogen-bond donors (Lipinski definition) is 1. The summed E-state index contributed by atoms with van der Waals surface area (Å²) < 4.78 is 16.0. The number of nitrogens with zero attached hydrogens (tertiary/aromatic N) is 1. The standard InChI is InChI=1S/C20H29NO4/c1-16-6-7-17(2)18(11-16)12-21(8-10-23-3)13-19(22)14-24-15-20-5-4-9-25-20/h4-7,9,11,19,22H,8,10,12-15H2,1-3H3/t19-/m1/s1. The summed E-state index contributed by atoms with van der Waals surface area (Å²) in [4.78, 5) is 2.20. The summed E-state index contributed by atoms with van der Waals surface area (Å²) in [7, 11) is 1.69. The second-order valence-corrected chi connectivity index (χ2v) is 6.41. The Kier molecular flexibility index (Phi) is 8.15. The Morgan fingerprint density at radius 3 is 2.80 bits per heavy atom. The average Bonchev–Trinajstić information content (AvgIpc) is 3.09. The molecule has 0 aliphatic rings. The number of methoxy groups -OCH3 is 1. The molecular weight excluding hydrogens is 318 g/mol. The molecule has 1 heterocycles. The molecule has 138 valence electrons. The van der Waals surface area contributed by atoms with Gasteiger partial charge < -0.3 is 19.0 Å². The van der Waals surface area contributed by atoms with Crippen molar-refractivity contribution in [3.8, 4) is 0 Å². The smallest absolute Gasteiger partial charge is 0.129 e. The number of aliphatic hydroxyl groups excluding tert-OH is 1. The van der Waals surface area contributed by atoms with E-state index in [9.17, 15) is 5.11 Å². The highest BCUT2D eigenvalue weighted by Crippen LogP contribution is 2.14. The van der Waals surface area contributed by atoms with Gasteiger partial charge in [-0.1, -0.05) is 23.8 Å². The Labute approximate surface area is 150 Å². The molecule has 0 fully saturated rings. The van der Waals surface area contributed by atoms with Crippen LogP contribution in [-0.4, -0.2) is 49.5 Å². The number of aryl methyl sites for hydroxylation is 2. The summed E-state index contributed by atoms with van der Waals surface area (Å²) in [6.45, 7) is 7.58. The molecular formula is C20H29NO4. The van der Waals surface area contributed by atoms with Gasteiger partial charge in [0.25, 0.3) is 0 Å². The lowest BCUT2D eigenvalue weighted by molar-refractivity contribution is 0.000457. The van der Waals surface area contributed by atoms with Crippen molar-refractivity contribution in [3.05, 3.63) is 59.0 Å². The van der Waals surface area contributed by atoms with Gasteiger partial charge in [0.1, 0.15) is 12.4 Å². The van der Waals surface area contributed by atoms with Gasteiger partial charge in [0.05, 0.1) is 25.6 Å². The van der Waals surface area contributed by atoms with E-state index in [2.05, 4.69) is 36.9 Å². The SMILES string of the molecule is COCCN(Cc1cc(C)ccc1C)C[C@@H](O)COCc1ccco1. The number of aliphatic hydroxyl groups is 1. The van der Waals surface area contributed by atoms with Crippen LogP contribution >= 0.6 is 0 Å². The van der Waals surface area contributed by atoms with Crippen molar-refractivity contribution in [2.45, 2.75) is 33.1 Å². The highest BCUT2D eigenvalue weighted by atomic mass is 16.5. The highest BCUT2D eigenvalue weighted by Gasteiger charge is 2.14. The lowest BCUT2D eigenvalue weighted by atomic mass is 10.1. The predicted octanol–water partition coefficient (Wildman–Crippen LogP) is 2.92. The topological polar surface area (TPSA) is 55.1 Å². The van der Waals surface area contributed by atoms with Crippen LogP contribution in [0, 0.1) is 13.8 Å². The maximum absolute atomic E-state index is 10.3. The predicted molar refractivity (Wildman–Crippen MR) is 97.4 cm³/mol. The zero-order valence-electron chi connectivity index (χ0n) is 15.4. The van der Waals surface area contributed by atoms with E-state index < -0.39 is 6.10 Å². The van der Waals surface area contributed by atoms with Gasteiger partial charge in [0.2, 0.25) is 0 Å². The molecule has 0 saturated heterocycles. The fraction of sp³-hybridized carbons (Fsp3) is 0.500. The molecule has 0 spiro atoms. The zero-order chi connectivity index (χ0) is 18.1. The van der Waals surface area contributed by atoms with Crippen molar-refractivity contribution in [1.29, 1.82) is 0 Å². The third-order valence-electron chi connectivity index (χ3n) is 4.11. The minimum Gasteiger partial charge on any atom is -0.467 e. The molecule has 25 heavy (non-hydrogen) atoms. The summed E-state index contributed by atoms with van der Waals surface area (Å²) in [6, 6.07) is 10.1. The van der Waals surface area contributed by atoms with E-state index >= 15 is 0 Å². The van der Waals surface area contributed by atoms with Crippen molar-refractivity contribution in [1.82, 2.24) is 4.90 Å². The number of benzene rings is 1. The van der Waals surface area contributed by atoms with Crippen molar-refractivity contribution < 1.29 is 19.0 Å². The van der Waals surface area contributed by atoms with Crippen LogP contribution in [0.2, 0.25) is 0 Å². The Bertz CT molecular complexity index is 612. The van der Waals surface area contributed by atoms with Gasteiger partial charge in [-0.2, -0.15) is 0 Å². The van der Waals surface area contributed by atoms with Gasteiger partial charge in [0.15, 0.2) is 0 Å². The average molecular weight is 347 g/mol. The van der Waals surface area contributed by atoms with Crippen LogP contribution in [0.1, 0.15) is 22.5 Å². The second-order valence-electron chi connectivity index (χ2n) is 6.41. The molecule has 1 aromatic carbocycles. The Balaban J connectivity index is 1.86. The molecule has 0 aliphatic heterocycles. The van der Waals surface area contributed by atoms with E-state index in [-0.39, 0.29) is 6.61 Å². The summed E-state index contributed by atoms with van der Waals surface area (Å²) >= 11 is 0. The van der Waals surface area contributed by atoms with Crippen molar-refractivity contribution in [2.75, 3.05) is 33.4 Å². The normalized spacial score (nSPS) is 12.7. The van der Waals surface area contributed by atoms with Gasteiger partial charge in [-0.25, -0.2) is 0 Å². The molecule has 0 bridgehead atoms. The highest BCUT2D eigenvalue weighted by molar-refractivity contribution is 5.30. The van der Waals surface area contributed by atoms with Crippen LogP contribution < -0.4 is 0 Å². The van der Waals surface area contributed by atoms with Crippen LogP contribution in [0.3, 0.4) is 0 Å². The second kappa shape index (κ2) is 10.4. The zero-order valence-corrected chi connectivity index (χ0v) is 15.4. The van der Waals surface area contributed by atoms with E-state index in [1.165, 1.54) is 16.7 Å². The third kappa shape index (κ3) is 7.00. The third-order valence-corrected chi connectivity index (χ3v) is 4.11. The molecule has 0 radical (unpaired) electrons. The van der Waals surface area contributed by atoms with Crippen LogP contribution in [0.15, 0.2) is 41.0 Å². The number of ether oxygens (including phenoxy) is 2. The molecule has 2 aromatic rings. The van der Waals surface area contributed by atoms with Crippen molar-refractivity contribution in [3.63, 3.8) is 0 Å². The van der Waals surface area contributed by atoms with Gasteiger partial charge in [-0.3, -0.25) is 4.90 Å². The molecule has 5 heteroatoms. The molecule has 0 unspecified atom stereocenters. The van der Waals surface area contributed by atoms with Crippen LogP contribution in [-0.2, 0) is 22.6 Å². The molecule has 1 aromatic heterocycles. The van der Waals surface area contributed by atoms with Crippen LogP contribution in [0.4, 0.5) is 0 Å². The molecule has 5 nitrogen and oxygen atoms in total. The monoisotopic (exact) mass is 347 g/mol. The molecule has 0 saturated carbocycles. The summed E-state index contributed by atoms with van der Waals surface area (Å²) in [5, 5.41) is 10.3. The Morgan fingerprint density at radius 2 is 2.08 bits per heavy atom. The van der Waals surface area contributed by atoms with E-state index in [0.29, 0.717) is 19.8 Å². The van der Waals surface area contributed by atoms with Crippen molar-refractivity contribution in [2.24, 2.45) is 0 Å². The minimum atomic E-state index is -0.558. The summed E-state index contributed by atoms with van der Waals surface area (Å²) in [5.74, 6) is 0.763. The first kappa shape index (κ1) is 19.7. The molecule has 2 rings (SSSR count). The van der Waals surface area contributed by atoms with Gasteiger partial charge >= 0.3 is 0 Å². The molecule has 0 aliphatic carbocycles. The number of rotatable bonds is 11. The summed E-state index contributed by atoms with van der Waals surface area (Å²) in [5.41, 5.74) is 3.78. The largest absolute Gasteiger partial charge is 0.467 e. The van der Waals surface area contributed by atoms with E-state index in [1.54, 1.807) is 13.4 Å². The van der Waals surface area contributed by atoms with E-state index in [4.69, 9.17) is 13.9 Å². The Hall–Kier alpha value is -1.66. The molecule has 1 N–H and O–H groups in total.